The molecule has 1 heterocycles. The van der Waals surface area contributed by atoms with Crippen LogP contribution in [0.5, 0.6) is 0 Å². The lowest BCUT2D eigenvalue weighted by Gasteiger charge is -2.30. The predicted molar refractivity (Wildman–Crippen MR) is 82.6 cm³/mol. The molecule has 2 atom stereocenters. The van der Waals surface area contributed by atoms with Gasteiger partial charge in [-0.05, 0) is 31.7 Å². The molecule has 1 saturated heterocycles. The number of nitrogens with zero attached hydrogens (tertiary/aromatic N) is 1. The third-order valence-electron chi connectivity index (χ3n) is 4.25. The van der Waals surface area contributed by atoms with Gasteiger partial charge in [-0.15, -0.1) is 0 Å². The summed E-state index contributed by atoms with van der Waals surface area (Å²) >= 11 is 0. The summed E-state index contributed by atoms with van der Waals surface area (Å²) in [6.45, 7) is 5.12. The smallest absolute Gasteiger partial charge is 0.318 e. The van der Waals surface area contributed by atoms with Crippen molar-refractivity contribution in [2.45, 2.75) is 58.0 Å². The van der Waals surface area contributed by atoms with Crippen LogP contribution in [0.2, 0.25) is 0 Å². The van der Waals surface area contributed by atoms with E-state index in [1.165, 1.54) is 12.8 Å². The number of carbonyl (C=O) groups excluding carboxylic acids is 1. The molecule has 110 valence electrons. The van der Waals surface area contributed by atoms with Gasteiger partial charge in [-0.1, -0.05) is 50.1 Å². The third-order valence-corrected chi connectivity index (χ3v) is 4.25. The number of hydrogen-bond acceptors (Lipinski definition) is 1. The minimum atomic E-state index is 0.0597. The highest BCUT2D eigenvalue weighted by atomic mass is 16.2. The van der Waals surface area contributed by atoms with Crippen LogP contribution < -0.4 is 5.32 Å². The van der Waals surface area contributed by atoms with Crippen LogP contribution in [0.4, 0.5) is 4.79 Å². The molecular weight excluding hydrogens is 248 g/mol. The fourth-order valence-corrected chi connectivity index (χ4v) is 2.96. The van der Waals surface area contributed by atoms with Crippen molar-refractivity contribution in [3.8, 4) is 0 Å². The molecule has 2 rings (SSSR count). The SMILES string of the molecule is CC[C@@H]1CCCCCN1C(=O)N[C@@H](C)c1ccccc1. The highest BCUT2D eigenvalue weighted by Crippen LogP contribution is 2.20. The lowest BCUT2D eigenvalue weighted by Crippen LogP contribution is -2.46. The number of likely N-dealkylation sites (tertiary alicyclic amines) is 1. The lowest BCUT2D eigenvalue weighted by atomic mass is 10.1. The molecule has 1 aliphatic rings. The zero-order valence-electron chi connectivity index (χ0n) is 12.6. The van der Waals surface area contributed by atoms with Crippen molar-refractivity contribution < 1.29 is 4.79 Å². The van der Waals surface area contributed by atoms with Crippen LogP contribution in [0.15, 0.2) is 30.3 Å². The molecule has 0 saturated carbocycles. The molecule has 20 heavy (non-hydrogen) atoms. The molecule has 0 aromatic heterocycles. The number of amides is 2. The Morgan fingerprint density at radius 2 is 2.05 bits per heavy atom. The summed E-state index contributed by atoms with van der Waals surface area (Å²) in [6, 6.07) is 10.7. The zero-order valence-corrected chi connectivity index (χ0v) is 12.6. The van der Waals surface area contributed by atoms with Crippen molar-refractivity contribution in [3.05, 3.63) is 35.9 Å². The summed E-state index contributed by atoms with van der Waals surface area (Å²) in [5.74, 6) is 0. The van der Waals surface area contributed by atoms with Crippen molar-refractivity contribution in [2.75, 3.05) is 6.54 Å². The predicted octanol–water partition coefficient (Wildman–Crippen LogP) is 4.11. The topological polar surface area (TPSA) is 32.3 Å². The second-order valence-electron chi connectivity index (χ2n) is 5.69. The van der Waals surface area contributed by atoms with Gasteiger partial charge in [-0.25, -0.2) is 4.79 Å². The van der Waals surface area contributed by atoms with E-state index in [-0.39, 0.29) is 12.1 Å². The molecular formula is C17H26N2O. The van der Waals surface area contributed by atoms with E-state index >= 15 is 0 Å². The van der Waals surface area contributed by atoms with E-state index in [0.717, 1.165) is 31.4 Å². The first-order chi connectivity index (χ1) is 9.72. The van der Waals surface area contributed by atoms with E-state index in [9.17, 15) is 4.79 Å². The summed E-state index contributed by atoms with van der Waals surface area (Å²) in [7, 11) is 0. The first kappa shape index (κ1) is 14.9. The van der Waals surface area contributed by atoms with E-state index in [1.807, 2.05) is 30.0 Å². The summed E-state index contributed by atoms with van der Waals surface area (Å²) < 4.78 is 0. The molecule has 0 unspecified atom stereocenters. The molecule has 1 fully saturated rings. The van der Waals surface area contributed by atoms with Gasteiger partial charge < -0.3 is 10.2 Å². The first-order valence-electron chi connectivity index (χ1n) is 7.84. The molecule has 0 bridgehead atoms. The zero-order chi connectivity index (χ0) is 14.4. The minimum absolute atomic E-state index is 0.0597. The van der Waals surface area contributed by atoms with Gasteiger partial charge in [0, 0.05) is 12.6 Å². The molecule has 0 spiro atoms. The Balaban J connectivity index is 1.99. The largest absolute Gasteiger partial charge is 0.331 e. The van der Waals surface area contributed by atoms with E-state index in [2.05, 4.69) is 24.4 Å². The third kappa shape index (κ3) is 3.75. The van der Waals surface area contributed by atoms with Crippen LogP contribution in [0.25, 0.3) is 0 Å². The molecule has 2 amide bonds. The minimum Gasteiger partial charge on any atom is -0.331 e. The number of benzene rings is 1. The second kappa shape index (κ2) is 7.32. The fourth-order valence-electron chi connectivity index (χ4n) is 2.96. The van der Waals surface area contributed by atoms with Crippen molar-refractivity contribution in [1.82, 2.24) is 10.2 Å². The molecule has 1 N–H and O–H groups in total. The van der Waals surface area contributed by atoms with E-state index in [1.54, 1.807) is 0 Å². The van der Waals surface area contributed by atoms with E-state index < -0.39 is 0 Å². The standard InChI is InChI=1S/C17H26N2O/c1-3-16-12-8-5-9-13-19(16)17(20)18-14(2)15-10-6-4-7-11-15/h4,6-7,10-11,14,16H,3,5,8-9,12-13H2,1-2H3,(H,18,20)/t14-,16+/m0/s1. The highest BCUT2D eigenvalue weighted by Gasteiger charge is 2.24. The maximum absolute atomic E-state index is 12.5. The van der Waals surface area contributed by atoms with E-state index in [0.29, 0.717) is 6.04 Å². The first-order valence-corrected chi connectivity index (χ1v) is 7.84. The van der Waals surface area contributed by atoms with Gasteiger partial charge in [0.05, 0.1) is 6.04 Å². The monoisotopic (exact) mass is 274 g/mol. The van der Waals surface area contributed by atoms with Crippen molar-refractivity contribution in [3.63, 3.8) is 0 Å². The Bertz CT molecular complexity index is 418. The van der Waals surface area contributed by atoms with Crippen molar-refractivity contribution in [1.29, 1.82) is 0 Å². The van der Waals surface area contributed by atoms with E-state index in [4.69, 9.17) is 0 Å². The summed E-state index contributed by atoms with van der Waals surface area (Å²) in [5, 5.41) is 3.14. The number of rotatable bonds is 3. The van der Waals surface area contributed by atoms with Gasteiger partial charge in [0.1, 0.15) is 0 Å². The second-order valence-corrected chi connectivity index (χ2v) is 5.69. The van der Waals surface area contributed by atoms with Crippen LogP contribution in [0.3, 0.4) is 0 Å². The summed E-state index contributed by atoms with van der Waals surface area (Å²) in [5.41, 5.74) is 1.16. The molecule has 1 aromatic carbocycles. The van der Waals surface area contributed by atoms with Crippen LogP contribution in [0, 0.1) is 0 Å². The molecule has 3 nitrogen and oxygen atoms in total. The van der Waals surface area contributed by atoms with Gasteiger partial charge >= 0.3 is 6.03 Å². The van der Waals surface area contributed by atoms with Crippen LogP contribution in [-0.4, -0.2) is 23.5 Å². The van der Waals surface area contributed by atoms with Gasteiger partial charge in [-0.3, -0.25) is 0 Å². The van der Waals surface area contributed by atoms with Crippen LogP contribution >= 0.6 is 0 Å². The fraction of sp³-hybridized carbons (Fsp3) is 0.588. The quantitative estimate of drug-likeness (QED) is 0.883. The maximum atomic E-state index is 12.5. The average Bonchev–Trinajstić information content (AvgIpc) is 2.73. The lowest BCUT2D eigenvalue weighted by molar-refractivity contribution is 0.170. The summed E-state index contributed by atoms with van der Waals surface area (Å²) in [4.78, 5) is 14.6. The number of carbonyl (C=O) groups is 1. The van der Waals surface area contributed by atoms with Gasteiger partial charge in [-0.2, -0.15) is 0 Å². The highest BCUT2D eigenvalue weighted by molar-refractivity contribution is 5.75. The molecule has 1 aliphatic heterocycles. The summed E-state index contributed by atoms with van der Waals surface area (Å²) in [6.07, 6.45) is 5.81. The van der Waals surface area contributed by atoms with Gasteiger partial charge in [0.15, 0.2) is 0 Å². The molecule has 3 heteroatoms. The number of nitrogens with one attached hydrogen (secondary N) is 1. The maximum Gasteiger partial charge on any atom is 0.318 e. The molecule has 0 radical (unpaired) electrons. The average molecular weight is 274 g/mol. The van der Waals surface area contributed by atoms with Crippen molar-refractivity contribution >= 4 is 6.03 Å². The molecule has 0 aliphatic carbocycles. The Hall–Kier alpha value is -1.51. The number of urea groups is 1. The Kier molecular flexibility index (Phi) is 5.45. The van der Waals surface area contributed by atoms with Crippen LogP contribution in [0.1, 0.15) is 57.6 Å². The van der Waals surface area contributed by atoms with Crippen molar-refractivity contribution in [2.24, 2.45) is 0 Å². The van der Waals surface area contributed by atoms with Gasteiger partial charge in [0.2, 0.25) is 0 Å². The van der Waals surface area contributed by atoms with Gasteiger partial charge in [0.25, 0.3) is 0 Å². The number of hydrogen-bond donors (Lipinski definition) is 1. The Labute approximate surface area is 122 Å². The Morgan fingerprint density at radius 1 is 1.30 bits per heavy atom. The molecule has 1 aromatic rings. The normalized spacial score (nSPS) is 21.1. The van der Waals surface area contributed by atoms with Crippen LogP contribution in [-0.2, 0) is 0 Å². The Morgan fingerprint density at radius 3 is 2.75 bits per heavy atom.